The number of rotatable bonds is 2. The molecule has 1 fully saturated rings. The van der Waals surface area contributed by atoms with Crippen LogP contribution in [-0.4, -0.2) is 12.6 Å². The summed E-state index contributed by atoms with van der Waals surface area (Å²) in [7, 11) is 0. The normalized spacial score (nSPS) is 35.3. The molecule has 0 aromatic heterocycles. The summed E-state index contributed by atoms with van der Waals surface area (Å²) in [5.74, 6) is 0.968. The van der Waals surface area contributed by atoms with Crippen LogP contribution >= 0.6 is 0 Å². The van der Waals surface area contributed by atoms with Crippen LogP contribution in [0.3, 0.4) is 0 Å². The van der Waals surface area contributed by atoms with Gasteiger partial charge in [0.2, 0.25) is 0 Å². The van der Waals surface area contributed by atoms with Crippen molar-refractivity contribution in [1.82, 2.24) is 5.32 Å². The van der Waals surface area contributed by atoms with Crippen molar-refractivity contribution in [3.63, 3.8) is 0 Å². The molecule has 0 aliphatic carbocycles. The highest BCUT2D eigenvalue weighted by Crippen LogP contribution is 2.20. The van der Waals surface area contributed by atoms with Crippen molar-refractivity contribution in [2.24, 2.45) is 5.92 Å². The number of hydrogen-bond donors (Lipinski definition) is 1. The quantitative estimate of drug-likeness (QED) is 0.596. The van der Waals surface area contributed by atoms with E-state index < -0.39 is 0 Å². The largest absolute Gasteiger partial charge is 0.314 e. The molecule has 0 aromatic rings. The zero-order valence-electron chi connectivity index (χ0n) is 6.48. The molecule has 1 aliphatic rings. The average Bonchev–Trinajstić information content (AvgIpc) is 2.33. The van der Waals surface area contributed by atoms with Crippen molar-refractivity contribution in [3.05, 3.63) is 0 Å². The Kier molecular flexibility index (Phi) is 2.52. The summed E-state index contributed by atoms with van der Waals surface area (Å²) in [4.78, 5) is 0. The molecular formula is C8H17N. The van der Waals surface area contributed by atoms with E-state index in [1.807, 2.05) is 0 Å². The molecule has 1 rings (SSSR count). The summed E-state index contributed by atoms with van der Waals surface area (Å²) in [5, 5.41) is 3.51. The molecule has 1 heterocycles. The minimum atomic E-state index is 0.829. The lowest BCUT2D eigenvalue weighted by Gasteiger charge is -2.14. The predicted octanol–water partition coefficient (Wildman–Crippen LogP) is 1.78. The van der Waals surface area contributed by atoms with Crippen molar-refractivity contribution in [2.45, 2.75) is 39.2 Å². The first-order chi connectivity index (χ1) is 4.38. The van der Waals surface area contributed by atoms with E-state index in [2.05, 4.69) is 19.2 Å². The van der Waals surface area contributed by atoms with E-state index in [1.165, 1.54) is 25.8 Å². The first kappa shape index (κ1) is 7.07. The van der Waals surface area contributed by atoms with Crippen molar-refractivity contribution < 1.29 is 0 Å². The summed E-state index contributed by atoms with van der Waals surface area (Å²) in [5.41, 5.74) is 0. The predicted molar refractivity (Wildman–Crippen MR) is 40.5 cm³/mol. The summed E-state index contributed by atoms with van der Waals surface area (Å²) in [6.45, 7) is 5.81. The Bertz CT molecular complexity index is 70.6. The van der Waals surface area contributed by atoms with Crippen molar-refractivity contribution in [3.8, 4) is 0 Å². The smallest absolute Gasteiger partial charge is 0.00930 e. The molecule has 1 saturated heterocycles. The first-order valence-corrected chi connectivity index (χ1v) is 4.11. The van der Waals surface area contributed by atoms with Crippen LogP contribution in [-0.2, 0) is 0 Å². The number of nitrogens with one attached hydrogen (secondary N) is 1. The van der Waals surface area contributed by atoms with Gasteiger partial charge in [0.25, 0.3) is 0 Å². The van der Waals surface area contributed by atoms with Crippen molar-refractivity contribution in [1.29, 1.82) is 0 Å². The van der Waals surface area contributed by atoms with Crippen LogP contribution in [0.2, 0.25) is 0 Å². The molecule has 0 aromatic carbocycles. The minimum Gasteiger partial charge on any atom is -0.314 e. The Labute approximate surface area is 57.8 Å². The molecular weight excluding hydrogens is 110 g/mol. The fourth-order valence-corrected chi connectivity index (χ4v) is 1.79. The molecule has 0 unspecified atom stereocenters. The Morgan fingerprint density at radius 2 is 2.11 bits per heavy atom. The summed E-state index contributed by atoms with van der Waals surface area (Å²) in [6, 6.07) is 0.829. The fourth-order valence-electron chi connectivity index (χ4n) is 1.79. The third-order valence-corrected chi connectivity index (χ3v) is 2.45. The van der Waals surface area contributed by atoms with Gasteiger partial charge in [-0.1, -0.05) is 20.3 Å². The van der Waals surface area contributed by atoms with Gasteiger partial charge in [0, 0.05) is 6.04 Å². The molecule has 0 bridgehead atoms. The molecule has 1 aliphatic heterocycles. The van der Waals surface area contributed by atoms with Gasteiger partial charge in [-0.3, -0.25) is 0 Å². The standard InChI is InChI=1S/C8H17N/c1-3-7-5-6-9-8(7)4-2/h7-9H,3-6H2,1-2H3/t7-,8-/m1/s1. The van der Waals surface area contributed by atoms with Crippen LogP contribution in [0.15, 0.2) is 0 Å². The monoisotopic (exact) mass is 127 g/mol. The van der Waals surface area contributed by atoms with Crippen molar-refractivity contribution >= 4 is 0 Å². The van der Waals surface area contributed by atoms with Crippen LogP contribution in [0.1, 0.15) is 33.1 Å². The summed E-state index contributed by atoms with van der Waals surface area (Å²) < 4.78 is 0. The van der Waals surface area contributed by atoms with Crippen LogP contribution in [0, 0.1) is 5.92 Å². The van der Waals surface area contributed by atoms with Crippen LogP contribution in [0.25, 0.3) is 0 Å². The lowest BCUT2D eigenvalue weighted by Crippen LogP contribution is -2.25. The maximum atomic E-state index is 3.51. The third-order valence-electron chi connectivity index (χ3n) is 2.45. The van der Waals surface area contributed by atoms with E-state index in [9.17, 15) is 0 Å². The SMILES string of the molecule is CC[C@@H]1CCN[C@@H]1CC. The Morgan fingerprint density at radius 3 is 2.56 bits per heavy atom. The van der Waals surface area contributed by atoms with Gasteiger partial charge in [-0.05, 0) is 25.3 Å². The van der Waals surface area contributed by atoms with Gasteiger partial charge >= 0.3 is 0 Å². The molecule has 0 spiro atoms. The van der Waals surface area contributed by atoms with Crippen LogP contribution in [0.5, 0.6) is 0 Å². The van der Waals surface area contributed by atoms with E-state index in [4.69, 9.17) is 0 Å². The number of hydrogen-bond acceptors (Lipinski definition) is 1. The second-order valence-corrected chi connectivity index (χ2v) is 2.93. The van der Waals surface area contributed by atoms with Crippen LogP contribution < -0.4 is 5.32 Å². The topological polar surface area (TPSA) is 12.0 Å². The molecule has 1 heteroatoms. The summed E-state index contributed by atoms with van der Waals surface area (Å²) >= 11 is 0. The molecule has 1 nitrogen and oxygen atoms in total. The average molecular weight is 127 g/mol. The zero-order valence-corrected chi connectivity index (χ0v) is 6.48. The van der Waals surface area contributed by atoms with Gasteiger partial charge < -0.3 is 5.32 Å². The van der Waals surface area contributed by atoms with Gasteiger partial charge in [0.05, 0.1) is 0 Å². The molecule has 0 saturated carbocycles. The van der Waals surface area contributed by atoms with Gasteiger partial charge in [-0.15, -0.1) is 0 Å². The Balaban J connectivity index is 2.32. The second-order valence-electron chi connectivity index (χ2n) is 2.93. The zero-order chi connectivity index (χ0) is 6.69. The molecule has 2 atom stereocenters. The van der Waals surface area contributed by atoms with Gasteiger partial charge in [0.1, 0.15) is 0 Å². The van der Waals surface area contributed by atoms with E-state index in [1.54, 1.807) is 0 Å². The highest BCUT2D eigenvalue weighted by atomic mass is 14.9. The third kappa shape index (κ3) is 1.45. The molecule has 0 amide bonds. The van der Waals surface area contributed by atoms with Crippen LogP contribution in [0.4, 0.5) is 0 Å². The maximum absolute atomic E-state index is 3.51. The van der Waals surface area contributed by atoms with E-state index >= 15 is 0 Å². The van der Waals surface area contributed by atoms with Gasteiger partial charge in [-0.2, -0.15) is 0 Å². The Morgan fingerprint density at radius 1 is 1.33 bits per heavy atom. The van der Waals surface area contributed by atoms with E-state index in [0.717, 1.165) is 12.0 Å². The Hall–Kier alpha value is -0.0400. The molecule has 0 radical (unpaired) electrons. The van der Waals surface area contributed by atoms with Gasteiger partial charge in [-0.25, -0.2) is 0 Å². The minimum absolute atomic E-state index is 0.829. The second kappa shape index (κ2) is 3.21. The highest BCUT2D eigenvalue weighted by Gasteiger charge is 2.22. The van der Waals surface area contributed by atoms with E-state index in [0.29, 0.717) is 0 Å². The van der Waals surface area contributed by atoms with Crippen molar-refractivity contribution in [2.75, 3.05) is 6.54 Å². The molecule has 54 valence electrons. The lowest BCUT2D eigenvalue weighted by molar-refractivity contribution is 0.425. The summed E-state index contributed by atoms with van der Waals surface area (Å²) in [6.07, 6.45) is 4.05. The maximum Gasteiger partial charge on any atom is 0.00930 e. The van der Waals surface area contributed by atoms with E-state index in [-0.39, 0.29) is 0 Å². The molecule has 1 N–H and O–H groups in total. The fraction of sp³-hybridized carbons (Fsp3) is 1.00. The lowest BCUT2D eigenvalue weighted by atomic mass is 9.96. The van der Waals surface area contributed by atoms with Gasteiger partial charge in [0.15, 0.2) is 0 Å². The first-order valence-electron chi connectivity index (χ1n) is 4.11. The highest BCUT2D eigenvalue weighted by molar-refractivity contribution is 4.81. The molecule has 9 heavy (non-hydrogen) atoms.